The maximum Gasteiger partial charge on any atom is 0.404 e. The predicted octanol–water partition coefficient (Wildman–Crippen LogP) is 2.69. The average molecular weight is 274 g/mol. The first kappa shape index (κ1) is 13.3. The molecule has 3 rings (SSSR count). The first-order valence-corrected chi connectivity index (χ1v) is 7.21. The summed E-state index contributed by atoms with van der Waals surface area (Å²) in [6.45, 7) is 8.58. The third kappa shape index (κ3) is 2.35. The van der Waals surface area contributed by atoms with E-state index < -0.39 is 6.09 Å². The zero-order chi connectivity index (χ0) is 14.5. The molecule has 0 bridgehead atoms. The van der Waals surface area contributed by atoms with Gasteiger partial charge in [0.2, 0.25) is 0 Å². The van der Waals surface area contributed by atoms with Gasteiger partial charge in [0.25, 0.3) is 0 Å². The minimum Gasteiger partial charge on any atom is -0.465 e. The second kappa shape index (κ2) is 4.40. The minimum absolute atomic E-state index is 0.178. The van der Waals surface area contributed by atoms with Crippen molar-refractivity contribution in [2.45, 2.75) is 32.2 Å². The number of hydrogen-bond donors (Lipinski definition) is 2. The Labute approximate surface area is 119 Å². The summed E-state index contributed by atoms with van der Waals surface area (Å²) in [5, 5.41) is 11.4. The fourth-order valence-electron chi connectivity index (χ4n) is 3.27. The first-order valence-electron chi connectivity index (χ1n) is 7.21. The molecule has 1 saturated heterocycles. The number of nitrogens with one attached hydrogen (secondary N) is 1. The van der Waals surface area contributed by atoms with Crippen LogP contribution in [0, 0.1) is 11.8 Å². The highest BCUT2D eigenvalue weighted by Gasteiger charge is 2.56. The number of amides is 1. The van der Waals surface area contributed by atoms with Gasteiger partial charge in [-0.3, -0.25) is 0 Å². The lowest BCUT2D eigenvalue weighted by Gasteiger charge is -2.24. The number of piperidine rings is 1. The second-order valence-corrected chi connectivity index (χ2v) is 7.00. The molecule has 2 unspecified atom stereocenters. The van der Waals surface area contributed by atoms with Gasteiger partial charge in [0.1, 0.15) is 0 Å². The van der Waals surface area contributed by atoms with E-state index in [0.717, 1.165) is 13.1 Å². The molecule has 0 radical (unpaired) electrons. The van der Waals surface area contributed by atoms with Crippen LogP contribution in [-0.2, 0) is 5.41 Å². The first-order chi connectivity index (χ1) is 9.36. The van der Waals surface area contributed by atoms with E-state index >= 15 is 0 Å². The Morgan fingerprint density at radius 3 is 2.20 bits per heavy atom. The Morgan fingerprint density at radius 2 is 1.75 bits per heavy atom. The molecule has 2 fully saturated rings. The van der Waals surface area contributed by atoms with Crippen molar-refractivity contribution < 1.29 is 9.90 Å². The topological polar surface area (TPSA) is 52.6 Å². The van der Waals surface area contributed by atoms with E-state index in [1.54, 1.807) is 0 Å². The third-order valence-electron chi connectivity index (χ3n) is 4.58. The molecule has 1 amide bonds. The number of carbonyl (C=O) groups is 1. The molecule has 1 aliphatic carbocycles. The number of rotatable bonds is 2. The Kier molecular flexibility index (Phi) is 2.92. The van der Waals surface area contributed by atoms with Gasteiger partial charge in [-0.15, -0.1) is 0 Å². The van der Waals surface area contributed by atoms with Crippen molar-refractivity contribution in [1.82, 2.24) is 5.32 Å². The summed E-state index contributed by atoms with van der Waals surface area (Å²) in [5.41, 5.74) is 2.78. The zero-order valence-electron chi connectivity index (χ0n) is 12.3. The van der Waals surface area contributed by atoms with E-state index in [4.69, 9.17) is 5.11 Å². The summed E-state index contributed by atoms with van der Waals surface area (Å²) < 4.78 is 0. The van der Waals surface area contributed by atoms with E-state index in [9.17, 15) is 4.79 Å². The number of benzene rings is 1. The Bertz CT molecular complexity index is 506. The van der Waals surface area contributed by atoms with Crippen molar-refractivity contribution in [3.8, 4) is 0 Å². The minimum atomic E-state index is -0.898. The number of carboxylic acid groups (broad SMARTS) is 1. The maximum absolute atomic E-state index is 10.6. The quantitative estimate of drug-likeness (QED) is 0.872. The number of fused-ring (bicyclic) bond motifs is 1. The lowest BCUT2D eigenvalue weighted by molar-refractivity contribution is 0.192. The molecule has 1 aliphatic heterocycles. The Hall–Kier alpha value is -1.71. The number of anilines is 1. The van der Waals surface area contributed by atoms with Crippen LogP contribution in [0.5, 0.6) is 0 Å². The van der Waals surface area contributed by atoms with Crippen molar-refractivity contribution in [3.63, 3.8) is 0 Å². The summed E-state index contributed by atoms with van der Waals surface area (Å²) in [6, 6.07) is 8.95. The van der Waals surface area contributed by atoms with Crippen molar-refractivity contribution in [1.29, 1.82) is 0 Å². The van der Waals surface area contributed by atoms with Crippen LogP contribution in [0.3, 0.4) is 0 Å². The maximum atomic E-state index is 10.6. The molecule has 108 valence electrons. The highest BCUT2D eigenvalue weighted by Crippen LogP contribution is 2.46. The largest absolute Gasteiger partial charge is 0.465 e. The molecule has 0 spiro atoms. The molecule has 20 heavy (non-hydrogen) atoms. The highest BCUT2D eigenvalue weighted by atomic mass is 16.4. The Morgan fingerprint density at radius 1 is 1.20 bits per heavy atom. The highest BCUT2D eigenvalue weighted by molar-refractivity contribution is 5.66. The fourth-order valence-corrected chi connectivity index (χ4v) is 3.27. The molecule has 1 saturated carbocycles. The molecule has 2 atom stereocenters. The van der Waals surface area contributed by atoms with E-state index in [0.29, 0.717) is 11.8 Å². The van der Waals surface area contributed by atoms with Crippen LogP contribution in [-0.4, -0.2) is 30.3 Å². The van der Waals surface area contributed by atoms with Gasteiger partial charge in [-0.1, -0.05) is 32.9 Å². The fraction of sp³-hybridized carbons (Fsp3) is 0.562. The molecule has 2 aliphatic rings. The number of hydrogen-bond acceptors (Lipinski definition) is 2. The third-order valence-corrected chi connectivity index (χ3v) is 4.58. The van der Waals surface area contributed by atoms with Crippen LogP contribution >= 0.6 is 0 Å². The SMILES string of the molecule is CC(C)(C)c1ccc(N2CC3C(C2)C3NC(=O)O)cc1. The molecule has 4 heteroatoms. The smallest absolute Gasteiger partial charge is 0.404 e. The lowest BCUT2D eigenvalue weighted by Crippen LogP contribution is -2.33. The van der Waals surface area contributed by atoms with Crippen LogP contribution in [0.25, 0.3) is 0 Å². The summed E-state index contributed by atoms with van der Waals surface area (Å²) in [5.74, 6) is 0.988. The van der Waals surface area contributed by atoms with Gasteiger partial charge < -0.3 is 15.3 Å². The van der Waals surface area contributed by atoms with Crippen LogP contribution in [0.2, 0.25) is 0 Å². The second-order valence-electron chi connectivity index (χ2n) is 7.00. The van der Waals surface area contributed by atoms with Crippen molar-refractivity contribution >= 4 is 11.8 Å². The predicted molar refractivity (Wildman–Crippen MR) is 79.3 cm³/mol. The van der Waals surface area contributed by atoms with E-state index in [-0.39, 0.29) is 11.5 Å². The summed E-state index contributed by atoms with van der Waals surface area (Å²) in [6.07, 6.45) is -0.898. The van der Waals surface area contributed by atoms with Crippen LogP contribution in [0.4, 0.5) is 10.5 Å². The van der Waals surface area contributed by atoms with Crippen LogP contribution < -0.4 is 10.2 Å². The van der Waals surface area contributed by atoms with E-state index in [2.05, 4.69) is 55.3 Å². The lowest BCUT2D eigenvalue weighted by atomic mass is 9.87. The van der Waals surface area contributed by atoms with Gasteiger partial charge in [0.15, 0.2) is 0 Å². The summed E-state index contributed by atoms with van der Waals surface area (Å²) in [4.78, 5) is 13.0. The van der Waals surface area contributed by atoms with Crippen molar-refractivity contribution in [2.24, 2.45) is 11.8 Å². The van der Waals surface area contributed by atoms with Crippen molar-refractivity contribution in [3.05, 3.63) is 29.8 Å². The molecular formula is C16H22N2O2. The molecule has 0 aromatic heterocycles. The monoisotopic (exact) mass is 274 g/mol. The molecule has 1 heterocycles. The van der Waals surface area contributed by atoms with Gasteiger partial charge in [-0.2, -0.15) is 0 Å². The van der Waals surface area contributed by atoms with Gasteiger partial charge in [-0.25, -0.2) is 4.79 Å². The van der Waals surface area contributed by atoms with Gasteiger partial charge >= 0.3 is 6.09 Å². The van der Waals surface area contributed by atoms with Crippen molar-refractivity contribution in [2.75, 3.05) is 18.0 Å². The summed E-state index contributed by atoms with van der Waals surface area (Å²) >= 11 is 0. The molecule has 4 nitrogen and oxygen atoms in total. The van der Waals surface area contributed by atoms with Gasteiger partial charge in [-0.05, 0) is 23.1 Å². The van der Waals surface area contributed by atoms with Crippen LogP contribution in [0.15, 0.2) is 24.3 Å². The van der Waals surface area contributed by atoms with Gasteiger partial charge in [0, 0.05) is 36.7 Å². The average Bonchev–Trinajstić information content (AvgIpc) is 2.83. The zero-order valence-corrected chi connectivity index (χ0v) is 12.3. The Balaban J connectivity index is 1.62. The molecule has 1 aromatic carbocycles. The molecule has 1 aromatic rings. The number of nitrogens with zero attached hydrogens (tertiary/aromatic N) is 1. The summed E-state index contributed by atoms with van der Waals surface area (Å²) in [7, 11) is 0. The molecule has 2 N–H and O–H groups in total. The molecular weight excluding hydrogens is 252 g/mol. The normalized spacial score (nSPS) is 28.1. The van der Waals surface area contributed by atoms with E-state index in [1.165, 1.54) is 11.3 Å². The van der Waals surface area contributed by atoms with Gasteiger partial charge in [0.05, 0.1) is 0 Å². The standard InChI is InChI=1S/C16H22N2O2/c1-16(2,3)10-4-6-11(7-5-10)18-8-12-13(9-18)14(12)17-15(19)20/h4-7,12-14,17H,8-9H2,1-3H3,(H,19,20). The van der Waals surface area contributed by atoms with Crippen LogP contribution in [0.1, 0.15) is 26.3 Å². The van der Waals surface area contributed by atoms with E-state index in [1.807, 2.05) is 0 Å².